The molecule has 188 valence electrons. The molecule has 11 heteroatoms. The van der Waals surface area contributed by atoms with Gasteiger partial charge in [-0.1, -0.05) is 12.1 Å². The molecule has 0 radical (unpaired) electrons. The number of anilines is 1. The maximum Gasteiger partial charge on any atom is 0.491 e. The van der Waals surface area contributed by atoms with Crippen molar-refractivity contribution in [1.82, 2.24) is 9.97 Å². The van der Waals surface area contributed by atoms with E-state index < -0.39 is 30.5 Å². The summed E-state index contributed by atoms with van der Waals surface area (Å²) in [6, 6.07) is 14.6. The number of aromatic nitrogens is 2. The van der Waals surface area contributed by atoms with Gasteiger partial charge in [-0.05, 0) is 47.7 Å². The summed E-state index contributed by atoms with van der Waals surface area (Å²) < 4.78 is 47.4. The highest BCUT2D eigenvalue weighted by molar-refractivity contribution is 7.10. The second-order valence-electron chi connectivity index (χ2n) is 7.83. The lowest BCUT2D eigenvalue weighted by Gasteiger charge is -2.15. The predicted molar refractivity (Wildman–Crippen MR) is 129 cm³/mol. The van der Waals surface area contributed by atoms with E-state index in [-0.39, 0.29) is 0 Å². The van der Waals surface area contributed by atoms with Crippen molar-refractivity contribution in [2.45, 2.75) is 24.9 Å². The molecule has 36 heavy (non-hydrogen) atoms. The zero-order valence-electron chi connectivity index (χ0n) is 18.9. The topological polar surface area (TPSA) is 93.3 Å². The first-order valence-electron chi connectivity index (χ1n) is 11.0. The van der Waals surface area contributed by atoms with Gasteiger partial charge in [0, 0.05) is 46.7 Å². The number of alkyl halides is 3. The first-order valence-corrected chi connectivity index (χ1v) is 11.9. The molecule has 1 unspecified atom stereocenters. The highest BCUT2D eigenvalue weighted by Gasteiger charge is 2.42. The molecule has 3 heterocycles. The average molecular weight is 518 g/mol. The molecule has 0 aliphatic carbocycles. The Bertz CT molecular complexity index is 1310. The SMILES string of the molecule is O=C(CC(c1cccs1)c1c[nH]c2cc(OCCCNc3ccccn3)ccc12)OC(=O)C(F)(F)F. The quantitative estimate of drug-likeness (QED) is 0.160. The summed E-state index contributed by atoms with van der Waals surface area (Å²) in [5.41, 5.74) is 1.45. The van der Waals surface area contributed by atoms with Crippen molar-refractivity contribution in [3.8, 4) is 5.75 Å². The fraction of sp³-hybridized carbons (Fsp3) is 0.240. The van der Waals surface area contributed by atoms with Gasteiger partial charge in [0.15, 0.2) is 0 Å². The summed E-state index contributed by atoms with van der Waals surface area (Å²) in [5, 5.41) is 5.80. The van der Waals surface area contributed by atoms with Gasteiger partial charge in [0.05, 0.1) is 13.0 Å². The largest absolute Gasteiger partial charge is 0.493 e. The minimum absolute atomic E-state index is 0.420. The summed E-state index contributed by atoms with van der Waals surface area (Å²) in [7, 11) is 0. The van der Waals surface area contributed by atoms with Crippen molar-refractivity contribution in [3.05, 3.63) is 76.7 Å². The van der Waals surface area contributed by atoms with E-state index in [1.807, 2.05) is 30.3 Å². The number of nitrogens with zero attached hydrogens (tertiary/aromatic N) is 1. The Kier molecular flexibility index (Phi) is 7.89. The fourth-order valence-electron chi connectivity index (χ4n) is 3.67. The van der Waals surface area contributed by atoms with Crippen LogP contribution in [0.25, 0.3) is 10.9 Å². The summed E-state index contributed by atoms with van der Waals surface area (Å²) in [6.07, 6.45) is -1.48. The van der Waals surface area contributed by atoms with Crippen molar-refractivity contribution >= 4 is 40.0 Å². The fourth-order valence-corrected chi connectivity index (χ4v) is 4.52. The minimum Gasteiger partial charge on any atom is -0.493 e. The molecule has 0 bridgehead atoms. The van der Waals surface area contributed by atoms with E-state index in [1.165, 1.54) is 11.3 Å². The van der Waals surface area contributed by atoms with Gasteiger partial charge in [-0.25, -0.2) is 9.78 Å². The second kappa shape index (κ2) is 11.3. The Labute approximate surface area is 208 Å². The number of rotatable bonds is 10. The average Bonchev–Trinajstić information content (AvgIpc) is 3.53. The third-order valence-corrected chi connectivity index (χ3v) is 6.30. The van der Waals surface area contributed by atoms with Crippen LogP contribution in [0.15, 0.2) is 66.3 Å². The van der Waals surface area contributed by atoms with Gasteiger partial charge in [0.2, 0.25) is 0 Å². The van der Waals surface area contributed by atoms with Gasteiger partial charge < -0.3 is 19.8 Å². The first kappa shape index (κ1) is 25.2. The van der Waals surface area contributed by atoms with E-state index in [9.17, 15) is 22.8 Å². The number of H-pyrrole nitrogens is 1. The number of pyridine rings is 1. The van der Waals surface area contributed by atoms with E-state index in [0.717, 1.165) is 28.0 Å². The van der Waals surface area contributed by atoms with Crippen LogP contribution in [0, 0.1) is 0 Å². The smallest absolute Gasteiger partial charge is 0.491 e. The number of thiophene rings is 1. The Morgan fingerprint density at radius 1 is 1.14 bits per heavy atom. The monoisotopic (exact) mass is 517 g/mol. The molecular formula is C25H22F3N3O4S. The molecule has 0 amide bonds. The maximum absolute atomic E-state index is 12.5. The van der Waals surface area contributed by atoms with Gasteiger partial charge in [-0.3, -0.25) is 4.79 Å². The second-order valence-corrected chi connectivity index (χ2v) is 8.81. The summed E-state index contributed by atoms with van der Waals surface area (Å²) in [5.74, 6) is -2.91. The molecule has 4 rings (SSSR count). The third kappa shape index (κ3) is 6.42. The van der Waals surface area contributed by atoms with E-state index in [2.05, 4.69) is 20.0 Å². The van der Waals surface area contributed by atoms with Crippen LogP contribution in [0.5, 0.6) is 5.75 Å². The van der Waals surface area contributed by atoms with Crippen LogP contribution >= 0.6 is 11.3 Å². The number of aromatic amines is 1. The molecule has 0 saturated carbocycles. The Morgan fingerprint density at radius 2 is 2.00 bits per heavy atom. The Hall–Kier alpha value is -3.86. The van der Waals surface area contributed by atoms with Crippen LogP contribution in [0.1, 0.15) is 29.2 Å². The lowest BCUT2D eigenvalue weighted by Crippen LogP contribution is -2.28. The summed E-state index contributed by atoms with van der Waals surface area (Å²) in [6.45, 7) is 1.18. The van der Waals surface area contributed by atoms with Gasteiger partial charge in [-0.15, -0.1) is 11.3 Å². The number of esters is 2. The number of carbonyl (C=O) groups is 2. The van der Waals surface area contributed by atoms with Crippen molar-refractivity contribution in [2.24, 2.45) is 0 Å². The lowest BCUT2D eigenvalue weighted by molar-refractivity contribution is -0.201. The number of ether oxygens (including phenoxy) is 2. The Morgan fingerprint density at radius 3 is 2.72 bits per heavy atom. The predicted octanol–water partition coefficient (Wildman–Crippen LogP) is 5.66. The molecule has 0 aliphatic rings. The van der Waals surface area contributed by atoms with Crippen molar-refractivity contribution in [2.75, 3.05) is 18.5 Å². The summed E-state index contributed by atoms with van der Waals surface area (Å²) in [4.78, 5) is 31.4. The van der Waals surface area contributed by atoms with E-state index in [4.69, 9.17) is 4.74 Å². The molecule has 3 aromatic heterocycles. The van der Waals surface area contributed by atoms with Crippen LogP contribution in [0.4, 0.5) is 19.0 Å². The normalized spacial score (nSPS) is 12.3. The molecular weight excluding hydrogens is 495 g/mol. The van der Waals surface area contributed by atoms with Gasteiger partial charge in [0.1, 0.15) is 11.6 Å². The van der Waals surface area contributed by atoms with Crippen molar-refractivity contribution in [3.63, 3.8) is 0 Å². The highest BCUT2D eigenvalue weighted by Crippen LogP contribution is 2.37. The van der Waals surface area contributed by atoms with Crippen molar-refractivity contribution in [1.29, 1.82) is 0 Å². The Balaban J connectivity index is 1.41. The van der Waals surface area contributed by atoms with E-state index >= 15 is 0 Å². The number of nitrogens with one attached hydrogen (secondary N) is 2. The van der Waals surface area contributed by atoms with E-state index in [0.29, 0.717) is 24.5 Å². The number of hydrogen-bond acceptors (Lipinski definition) is 7. The summed E-state index contributed by atoms with van der Waals surface area (Å²) >= 11 is 1.36. The number of benzene rings is 1. The van der Waals surface area contributed by atoms with Crippen LogP contribution in [0.3, 0.4) is 0 Å². The number of halogens is 3. The molecule has 0 spiro atoms. The first-order chi connectivity index (χ1) is 17.3. The van der Waals surface area contributed by atoms with Crippen LogP contribution in [0.2, 0.25) is 0 Å². The third-order valence-electron chi connectivity index (χ3n) is 5.32. The molecule has 1 aromatic carbocycles. The minimum atomic E-state index is -5.24. The molecule has 4 aromatic rings. The zero-order chi connectivity index (χ0) is 25.5. The number of carbonyl (C=O) groups excluding carboxylic acids is 2. The van der Waals surface area contributed by atoms with Gasteiger partial charge in [0.25, 0.3) is 0 Å². The standard InChI is InChI=1S/C25H22F3N3O4S/c26-25(27,28)24(33)35-23(32)14-18(21-5-3-12-36-21)19-15-31-20-13-16(7-8-17(19)20)34-11-4-10-30-22-6-1-2-9-29-22/h1-3,5-9,12-13,15,18,31H,4,10-11,14H2,(H,29,30). The molecule has 0 saturated heterocycles. The molecule has 0 fully saturated rings. The highest BCUT2D eigenvalue weighted by atomic mass is 32.1. The van der Waals surface area contributed by atoms with Crippen LogP contribution < -0.4 is 10.1 Å². The number of hydrogen-bond donors (Lipinski definition) is 2. The molecule has 2 N–H and O–H groups in total. The molecule has 7 nitrogen and oxygen atoms in total. The van der Waals surface area contributed by atoms with E-state index in [1.54, 1.807) is 36.0 Å². The van der Waals surface area contributed by atoms with Gasteiger partial charge >= 0.3 is 18.1 Å². The van der Waals surface area contributed by atoms with Crippen LogP contribution in [-0.2, 0) is 14.3 Å². The number of fused-ring (bicyclic) bond motifs is 1. The molecule has 1 atom stereocenters. The molecule has 0 aliphatic heterocycles. The maximum atomic E-state index is 12.5. The van der Waals surface area contributed by atoms with Crippen molar-refractivity contribution < 1.29 is 32.2 Å². The van der Waals surface area contributed by atoms with Crippen LogP contribution in [-0.4, -0.2) is 41.2 Å². The zero-order valence-corrected chi connectivity index (χ0v) is 19.7. The van der Waals surface area contributed by atoms with Gasteiger partial charge in [-0.2, -0.15) is 13.2 Å². The lowest BCUT2D eigenvalue weighted by atomic mass is 9.93.